The van der Waals surface area contributed by atoms with E-state index in [9.17, 15) is 13.2 Å². The number of alkyl halides is 3. The Bertz CT molecular complexity index is 234. The summed E-state index contributed by atoms with van der Waals surface area (Å²) in [4.78, 5) is 0. The summed E-state index contributed by atoms with van der Waals surface area (Å²) in [6.45, 7) is 2.15. The van der Waals surface area contributed by atoms with E-state index in [-0.39, 0.29) is 6.42 Å². The van der Waals surface area contributed by atoms with E-state index >= 15 is 0 Å². The monoisotopic (exact) mass is 253 g/mol. The highest BCUT2D eigenvalue weighted by atomic mass is 19.4. The van der Waals surface area contributed by atoms with E-state index in [0.29, 0.717) is 5.92 Å². The second-order valence-electron chi connectivity index (χ2n) is 5.21. The Morgan fingerprint density at radius 1 is 1.35 bits per heavy atom. The lowest BCUT2D eigenvalue weighted by Crippen LogP contribution is -2.51. The van der Waals surface area contributed by atoms with Crippen LogP contribution in [0, 0.1) is 5.92 Å². The first-order valence-electron chi connectivity index (χ1n) is 6.16. The standard InChI is InChI=1S/C12H22F3NO/c1-9-3-6-11(17-2,7-4-9)10(16)5-8-12(13,14)15/h9-10H,3-8,16H2,1-2H3. The number of ether oxygens (including phenoxy) is 1. The Kier molecular flexibility index (Phi) is 4.84. The van der Waals surface area contributed by atoms with Crippen LogP contribution >= 0.6 is 0 Å². The molecule has 0 aromatic heterocycles. The Morgan fingerprint density at radius 3 is 2.29 bits per heavy atom. The minimum Gasteiger partial charge on any atom is -0.377 e. The highest BCUT2D eigenvalue weighted by Gasteiger charge is 2.41. The molecule has 0 aliphatic heterocycles. The van der Waals surface area contributed by atoms with Crippen molar-refractivity contribution in [1.29, 1.82) is 0 Å². The lowest BCUT2D eigenvalue weighted by atomic mass is 9.74. The highest BCUT2D eigenvalue weighted by molar-refractivity contribution is 4.94. The van der Waals surface area contributed by atoms with Crippen LogP contribution in [0.25, 0.3) is 0 Å². The molecule has 1 atom stereocenters. The number of methoxy groups -OCH3 is 1. The normalized spacial score (nSPS) is 32.5. The van der Waals surface area contributed by atoms with Crippen LogP contribution in [0.5, 0.6) is 0 Å². The van der Waals surface area contributed by atoms with E-state index in [2.05, 4.69) is 6.92 Å². The van der Waals surface area contributed by atoms with Gasteiger partial charge in [0.25, 0.3) is 0 Å². The minimum absolute atomic E-state index is 0.0499. The van der Waals surface area contributed by atoms with Gasteiger partial charge in [0.1, 0.15) is 0 Å². The molecule has 0 aromatic rings. The van der Waals surface area contributed by atoms with Crippen molar-refractivity contribution in [2.24, 2.45) is 11.7 Å². The van der Waals surface area contributed by atoms with Crippen molar-refractivity contribution in [3.8, 4) is 0 Å². The SMILES string of the molecule is COC1(C(N)CCC(F)(F)F)CCC(C)CC1. The molecule has 0 bridgehead atoms. The van der Waals surface area contributed by atoms with E-state index in [1.165, 1.54) is 0 Å². The number of rotatable bonds is 4. The topological polar surface area (TPSA) is 35.2 Å². The van der Waals surface area contributed by atoms with Gasteiger partial charge in [0.2, 0.25) is 0 Å². The zero-order valence-corrected chi connectivity index (χ0v) is 10.5. The van der Waals surface area contributed by atoms with Crippen molar-refractivity contribution in [3.05, 3.63) is 0 Å². The van der Waals surface area contributed by atoms with E-state index in [4.69, 9.17) is 10.5 Å². The van der Waals surface area contributed by atoms with Gasteiger partial charge in [0, 0.05) is 19.6 Å². The molecule has 1 aliphatic carbocycles. The summed E-state index contributed by atoms with van der Waals surface area (Å²) < 4.78 is 42.0. The highest BCUT2D eigenvalue weighted by Crippen LogP contribution is 2.38. The summed E-state index contributed by atoms with van der Waals surface area (Å²) in [6.07, 6.45) is -1.51. The number of hydrogen-bond acceptors (Lipinski definition) is 2. The van der Waals surface area contributed by atoms with Crippen LogP contribution in [0.1, 0.15) is 45.4 Å². The molecule has 1 aliphatic rings. The van der Waals surface area contributed by atoms with Crippen molar-refractivity contribution in [1.82, 2.24) is 0 Å². The van der Waals surface area contributed by atoms with Crippen LogP contribution < -0.4 is 5.73 Å². The van der Waals surface area contributed by atoms with E-state index in [1.54, 1.807) is 7.11 Å². The van der Waals surface area contributed by atoms with Crippen LogP contribution in [-0.4, -0.2) is 24.9 Å². The van der Waals surface area contributed by atoms with Gasteiger partial charge in [0.15, 0.2) is 0 Å². The first-order chi connectivity index (χ1) is 7.79. The molecule has 0 radical (unpaired) electrons. The number of halogens is 3. The maximum atomic E-state index is 12.2. The van der Waals surface area contributed by atoms with Crippen molar-refractivity contribution in [2.75, 3.05) is 7.11 Å². The Labute approximate surface area is 101 Å². The predicted molar refractivity (Wildman–Crippen MR) is 60.6 cm³/mol. The number of nitrogens with two attached hydrogens (primary N) is 1. The minimum atomic E-state index is -4.13. The van der Waals surface area contributed by atoms with Gasteiger partial charge in [-0.1, -0.05) is 6.92 Å². The molecule has 0 spiro atoms. The molecule has 0 saturated heterocycles. The quantitative estimate of drug-likeness (QED) is 0.834. The van der Waals surface area contributed by atoms with Gasteiger partial charge in [-0.05, 0) is 38.0 Å². The number of hydrogen-bond donors (Lipinski definition) is 1. The fourth-order valence-corrected chi connectivity index (χ4v) is 2.56. The van der Waals surface area contributed by atoms with Crippen molar-refractivity contribution < 1.29 is 17.9 Å². The third kappa shape index (κ3) is 4.14. The van der Waals surface area contributed by atoms with Gasteiger partial charge in [0.05, 0.1) is 5.60 Å². The maximum absolute atomic E-state index is 12.2. The molecule has 1 unspecified atom stereocenters. The van der Waals surface area contributed by atoms with Crippen LogP contribution in [0.3, 0.4) is 0 Å². The molecule has 0 heterocycles. The largest absolute Gasteiger partial charge is 0.389 e. The summed E-state index contributed by atoms with van der Waals surface area (Å²) in [7, 11) is 1.56. The summed E-state index contributed by atoms with van der Waals surface area (Å²) in [5, 5.41) is 0. The molecule has 0 amide bonds. The van der Waals surface area contributed by atoms with Gasteiger partial charge in [-0.2, -0.15) is 13.2 Å². The molecule has 1 rings (SSSR count). The summed E-state index contributed by atoms with van der Waals surface area (Å²) in [5.41, 5.74) is 5.38. The molecule has 1 fully saturated rings. The van der Waals surface area contributed by atoms with Crippen molar-refractivity contribution in [3.63, 3.8) is 0 Å². The predicted octanol–water partition coefficient (Wildman–Crippen LogP) is 3.25. The second kappa shape index (κ2) is 5.57. The van der Waals surface area contributed by atoms with Gasteiger partial charge < -0.3 is 10.5 Å². The van der Waals surface area contributed by atoms with Crippen LogP contribution in [0.4, 0.5) is 13.2 Å². The zero-order chi connectivity index (χ0) is 13.1. The van der Waals surface area contributed by atoms with Gasteiger partial charge >= 0.3 is 6.18 Å². The average Bonchev–Trinajstić information content (AvgIpc) is 2.26. The van der Waals surface area contributed by atoms with E-state index < -0.39 is 24.2 Å². The molecular formula is C12H22F3NO. The van der Waals surface area contributed by atoms with Crippen molar-refractivity contribution >= 4 is 0 Å². The lowest BCUT2D eigenvalue weighted by molar-refractivity contribution is -0.142. The maximum Gasteiger partial charge on any atom is 0.389 e. The first kappa shape index (κ1) is 14.8. The van der Waals surface area contributed by atoms with Crippen molar-refractivity contribution in [2.45, 2.75) is 63.3 Å². The van der Waals surface area contributed by atoms with Crippen LogP contribution in [-0.2, 0) is 4.74 Å². The fourth-order valence-electron chi connectivity index (χ4n) is 2.56. The summed E-state index contributed by atoms with van der Waals surface area (Å²) in [6, 6.07) is -0.526. The van der Waals surface area contributed by atoms with Gasteiger partial charge in [-0.3, -0.25) is 0 Å². The van der Waals surface area contributed by atoms with E-state index in [0.717, 1.165) is 25.7 Å². The lowest BCUT2D eigenvalue weighted by Gasteiger charge is -2.42. The second-order valence-corrected chi connectivity index (χ2v) is 5.21. The molecular weight excluding hydrogens is 231 g/mol. The fraction of sp³-hybridized carbons (Fsp3) is 1.00. The molecule has 1 saturated carbocycles. The molecule has 2 nitrogen and oxygen atoms in total. The Morgan fingerprint density at radius 2 is 1.88 bits per heavy atom. The molecule has 0 aromatic carbocycles. The van der Waals surface area contributed by atoms with Crippen LogP contribution in [0.2, 0.25) is 0 Å². The zero-order valence-electron chi connectivity index (χ0n) is 10.5. The van der Waals surface area contributed by atoms with Gasteiger partial charge in [-0.25, -0.2) is 0 Å². The molecule has 102 valence electrons. The third-order valence-electron chi connectivity index (χ3n) is 3.94. The third-order valence-corrected chi connectivity index (χ3v) is 3.94. The molecule has 2 N–H and O–H groups in total. The Hall–Kier alpha value is -0.290. The summed E-state index contributed by atoms with van der Waals surface area (Å²) in [5.74, 6) is 0.619. The molecule has 17 heavy (non-hydrogen) atoms. The van der Waals surface area contributed by atoms with Gasteiger partial charge in [-0.15, -0.1) is 0 Å². The van der Waals surface area contributed by atoms with Crippen LogP contribution in [0.15, 0.2) is 0 Å². The molecule has 5 heteroatoms. The van der Waals surface area contributed by atoms with E-state index in [1.807, 2.05) is 0 Å². The summed E-state index contributed by atoms with van der Waals surface area (Å²) >= 11 is 0. The first-order valence-corrected chi connectivity index (χ1v) is 6.16. The smallest absolute Gasteiger partial charge is 0.377 e. The Balaban J connectivity index is 2.54. The average molecular weight is 253 g/mol.